The van der Waals surface area contributed by atoms with Crippen LogP contribution < -0.4 is 0 Å². The van der Waals surface area contributed by atoms with Crippen molar-refractivity contribution in [3.8, 4) is 0 Å². The molecule has 0 N–H and O–H groups in total. The average molecular weight is 214 g/mol. The fourth-order valence-electron chi connectivity index (χ4n) is 1.87. The van der Waals surface area contributed by atoms with E-state index in [1.54, 1.807) is 0 Å². The highest BCUT2D eigenvalue weighted by Gasteiger charge is 2.05. The molecule has 0 saturated heterocycles. The molecule has 16 heavy (non-hydrogen) atoms. The molecule has 1 rings (SSSR count). The van der Waals surface area contributed by atoms with Gasteiger partial charge in [-0.1, -0.05) is 42.8 Å². The molecule has 0 nitrogen and oxygen atoms in total. The second kappa shape index (κ2) is 5.16. The van der Waals surface area contributed by atoms with Gasteiger partial charge in [-0.15, -0.1) is 0 Å². The molecule has 0 aliphatic heterocycles. The maximum Gasteiger partial charge on any atom is -0.0193 e. The fraction of sp³-hybridized carbons (Fsp3) is 0.375. The van der Waals surface area contributed by atoms with Crippen molar-refractivity contribution in [2.45, 2.75) is 41.0 Å². The summed E-state index contributed by atoms with van der Waals surface area (Å²) in [6, 6.07) is 6.61. The zero-order valence-corrected chi connectivity index (χ0v) is 11.1. The highest BCUT2D eigenvalue weighted by molar-refractivity contribution is 5.72. The van der Waals surface area contributed by atoms with E-state index in [0.29, 0.717) is 0 Å². The van der Waals surface area contributed by atoms with Gasteiger partial charge in [0.05, 0.1) is 0 Å². The molecule has 86 valence electrons. The first kappa shape index (κ1) is 12.8. The van der Waals surface area contributed by atoms with Crippen molar-refractivity contribution in [3.05, 3.63) is 52.6 Å². The lowest BCUT2D eigenvalue weighted by Crippen LogP contribution is -1.92. The van der Waals surface area contributed by atoms with E-state index in [-0.39, 0.29) is 0 Å². The van der Waals surface area contributed by atoms with Crippen LogP contribution in [-0.4, -0.2) is 0 Å². The molecular weight excluding hydrogens is 192 g/mol. The van der Waals surface area contributed by atoms with Crippen molar-refractivity contribution in [1.29, 1.82) is 0 Å². The first-order valence-electron chi connectivity index (χ1n) is 5.90. The van der Waals surface area contributed by atoms with Gasteiger partial charge in [0.2, 0.25) is 0 Å². The summed E-state index contributed by atoms with van der Waals surface area (Å²) in [7, 11) is 0. The summed E-state index contributed by atoms with van der Waals surface area (Å²) in [5.41, 5.74) is 7.93. The van der Waals surface area contributed by atoms with E-state index < -0.39 is 0 Å². The van der Waals surface area contributed by atoms with E-state index in [1.165, 1.54) is 33.4 Å². The zero-order chi connectivity index (χ0) is 12.3. The van der Waals surface area contributed by atoms with Gasteiger partial charge in [-0.05, 0) is 56.4 Å². The number of hydrogen-bond donors (Lipinski definition) is 0. The van der Waals surface area contributed by atoms with Crippen LogP contribution >= 0.6 is 0 Å². The monoisotopic (exact) mass is 214 g/mol. The number of hydrogen-bond acceptors (Lipinski definition) is 0. The molecule has 0 spiro atoms. The lowest BCUT2D eigenvalue weighted by molar-refractivity contribution is 1.11. The third kappa shape index (κ3) is 2.63. The highest BCUT2D eigenvalue weighted by Crippen LogP contribution is 2.26. The average Bonchev–Trinajstić information content (AvgIpc) is 2.29. The van der Waals surface area contributed by atoms with Gasteiger partial charge in [-0.25, -0.2) is 0 Å². The maximum atomic E-state index is 4.11. The Balaban J connectivity index is 3.27. The van der Waals surface area contributed by atoms with Gasteiger partial charge < -0.3 is 0 Å². The van der Waals surface area contributed by atoms with Gasteiger partial charge in [0, 0.05) is 0 Å². The van der Waals surface area contributed by atoms with Crippen LogP contribution in [0.3, 0.4) is 0 Å². The first-order valence-corrected chi connectivity index (χ1v) is 5.90. The van der Waals surface area contributed by atoms with Crippen molar-refractivity contribution in [2.24, 2.45) is 0 Å². The number of rotatable bonds is 3. The minimum Gasteiger partial charge on any atom is -0.0956 e. The topological polar surface area (TPSA) is 0 Å². The number of aryl methyl sites for hydroxylation is 2. The molecule has 0 amide bonds. The van der Waals surface area contributed by atoms with Crippen LogP contribution in [0.15, 0.2) is 35.9 Å². The van der Waals surface area contributed by atoms with Crippen molar-refractivity contribution >= 4 is 5.57 Å². The van der Waals surface area contributed by atoms with E-state index in [4.69, 9.17) is 0 Å². The molecule has 0 aromatic heterocycles. The third-order valence-corrected chi connectivity index (χ3v) is 3.32. The van der Waals surface area contributed by atoms with E-state index in [0.717, 1.165) is 6.42 Å². The molecule has 0 heterocycles. The summed E-state index contributed by atoms with van der Waals surface area (Å²) in [5, 5.41) is 0. The molecule has 0 unspecified atom stereocenters. The third-order valence-electron chi connectivity index (χ3n) is 3.32. The van der Waals surface area contributed by atoms with E-state index in [9.17, 15) is 0 Å². The summed E-state index contributed by atoms with van der Waals surface area (Å²) in [4.78, 5) is 0. The Kier molecular flexibility index (Phi) is 4.12. The molecular formula is C16H22. The molecule has 1 aromatic rings. The Bertz CT molecular complexity index is 433. The van der Waals surface area contributed by atoms with Crippen LogP contribution in [0.1, 0.15) is 43.9 Å². The molecule has 0 aliphatic rings. The molecule has 0 saturated carbocycles. The quantitative estimate of drug-likeness (QED) is 0.617. The molecule has 0 fully saturated rings. The van der Waals surface area contributed by atoms with Crippen LogP contribution in [-0.2, 0) is 0 Å². The zero-order valence-electron chi connectivity index (χ0n) is 11.1. The van der Waals surface area contributed by atoms with E-state index in [2.05, 4.69) is 59.4 Å². The first-order chi connectivity index (χ1) is 7.47. The van der Waals surface area contributed by atoms with Crippen LogP contribution in [0, 0.1) is 13.8 Å². The minimum atomic E-state index is 1.02. The highest BCUT2D eigenvalue weighted by atomic mass is 14.1. The summed E-state index contributed by atoms with van der Waals surface area (Å²) in [6.45, 7) is 14.9. The maximum absolute atomic E-state index is 4.11. The normalized spacial score (nSPS) is 12.3. The van der Waals surface area contributed by atoms with Crippen LogP contribution in [0.2, 0.25) is 0 Å². The Labute approximate surface area is 99.7 Å². The van der Waals surface area contributed by atoms with Crippen molar-refractivity contribution in [2.75, 3.05) is 0 Å². The largest absolute Gasteiger partial charge is 0.0956 e. The standard InChI is InChI=1S/C16H22/c1-7-12(3)14(5)15(6)16-10-11(2)8-9-13(16)4/h8-10H,3,7H2,1-2,4-6H3/b15-14+. The molecule has 0 aliphatic carbocycles. The summed E-state index contributed by atoms with van der Waals surface area (Å²) >= 11 is 0. The molecule has 0 radical (unpaired) electrons. The van der Waals surface area contributed by atoms with Gasteiger partial charge in [0.25, 0.3) is 0 Å². The van der Waals surface area contributed by atoms with Crippen LogP contribution in [0.25, 0.3) is 5.57 Å². The lowest BCUT2D eigenvalue weighted by Gasteiger charge is -2.13. The van der Waals surface area contributed by atoms with Gasteiger partial charge in [0.1, 0.15) is 0 Å². The van der Waals surface area contributed by atoms with Gasteiger partial charge in [0.15, 0.2) is 0 Å². The summed E-state index contributed by atoms with van der Waals surface area (Å²) < 4.78 is 0. The Morgan fingerprint density at radius 3 is 2.38 bits per heavy atom. The molecule has 0 heteroatoms. The van der Waals surface area contributed by atoms with Crippen LogP contribution in [0.5, 0.6) is 0 Å². The van der Waals surface area contributed by atoms with Crippen LogP contribution in [0.4, 0.5) is 0 Å². The lowest BCUT2D eigenvalue weighted by atomic mass is 9.93. The SMILES string of the molecule is C=C(CC)/C(C)=C(\C)c1cc(C)ccc1C. The van der Waals surface area contributed by atoms with Gasteiger partial charge in [-0.3, -0.25) is 0 Å². The van der Waals surface area contributed by atoms with E-state index in [1.807, 2.05) is 0 Å². The Morgan fingerprint density at radius 1 is 1.19 bits per heavy atom. The summed E-state index contributed by atoms with van der Waals surface area (Å²) in [6.07, 6.45) is 1.02. The predicted molar refractivity (Wildman–Crippen MR) is 73.6 cm³/mol. The Morgan fingerprint density at radius 2 is 1.81 bits per heavy atom. The minimum absolute atomic E-state index is 1.02. The smallest absolute Gasteiger partial charge is 0.0193 e. The summed E-state index contributed by atoms with van der Waals surface area (Å²) in [5.74, 6) is 0. The van der Waals surface area contributed by atoms with Crippen molar-refractivity contribution < 1.29 is 0 Å². The van der Waals surface area contributed by atoms with Crippen molar-refractivity contribution in [1.82, 2.24) is 0 Å². The van der Waals surface area contributed by atoms with E-state index >= 15 is 0 Å². The predicted octanol–water partition coefficient (Wildman–Crippen LogP) is 5.06. The molecule has 1 aromatic carbocycles. The van der Waals surface area contributed by atoms with Gasteiger partial charge >= 0.3 is 0 Å². The molecule has 0 bridgehead atoms. The second-order valence-electron chi connectivity index (χ2n) is 4.53. The van der Waals surface area contributed by atoms with Gasteiger partial charge in [-0.2, -0.15) is 0 Å². The Hall–Kier alpha value is -1.30. The second-order valence-corrected chi connectivity index (χ2v) is 4.53. The molecule has 0 atom stereocenters. The fourth-order valence-corrected chi connectivity index (χ4v) is 1.87. The number of benzene rings is 1. The number of allylic oxidation sites excluding steroid dienone is 3. The van der Waals surface area contributed by atoms with Crippen molar-refractivity contribution in [3.63, 3.8) is 0 Å².